The van der Waals surface area contributed by atoms with Gasteiger partial charge in [-0.3, -0.25) is 9.11 Å². The highest BCUT2D eigenvalue weighted by atomic mass is 35.5. The molecule has 10 heteroatoms. The molecular formula is C30H33ClO8S. The second-order valence-corrected chi connectivity index (χ2v) is 13.1. The Hall–Kier alpha value is -2.79. The highest BCUT2D eigenvalue weighted by Gasteiger charge is 2.44. The van der Waals surface area contributed by atoms with E-state index in [0.717, 1.165) is 28.7 Å². The summed E-state index contributed by atoms with van der Waals surface area (Å²) < 4.78 is 42.7. The lowest BCUT2D eigenvalue weighted by molar-refractivity contribution is -0.237. The van der Waals surface area contributed by atoms with Crippen LogP contribution in [0.3, 0.4) is 0 Å². The Labute approximate surface area is 240 Å². The van der Waals surface area contributed by atoms with E-state index in [1.54, 1.807) is 6.07 Å². The molecule has 0 spiro atoms. The summed E-state index contributed by atoms with van der Waals surface area (Å²) in [4.78, 5) is 11.2. The van der Waals surface area contributed by atoms with E-state index in [1.165, 1.54) is 6.92 Å². The van der Waals surface area contributed by atoms with Gasteiger partial charge in [0.05, 0.1) is 24.8 Å². The molecule has 2 heterocycles. The molecule has 0 saturated carbocycles. The molecule has 0 radical (unpaired) electrons. The Morgan fingerprint density at radius 1 is 1.07 bits per heavy atom. The summed E-state index contributed by atoms with van der Waals surface area (Å²) in [6, 6.07) is 21.0. The topological polar surface area (TPSA) is 115 Å². The lowest BCUT2D eigenvalue weighted by atomic mass is 9.91. The van der Waals surface area contributed by atoms with Gasteiger partial charge in [0.1, 0.15) is 23.7 Å². The maximum absolute atomic E-state index is 11.2. The van der Waals surface area contributed by atoms with Gasteiger partial charge in [-0.15, -0.1) is 0 Å². The molecule has 40 heavy (non-hydrogen) atoms. The maximum Gasteiger partial charge on any atom is 0.332 e. The maximum atomic E-state index is 11.2. The molecule has 214 valence electrons. The highest BCUT2D eigenvalue weighted by molar-refractivity contribution is 8.24. The molecular weight excluding hydrogens is 556 g/mol. The number of carboxylic acids is 1. The molecule has 0 amide bonds. The molecule has 5 rings (SSSR count). The van der Waals surface area contributed by atoms with E-state index < -0.39 is 28.3 Å². The third kappa shape index (κ3) is 6.74. The fourth-order valence-electron chi connectivity index (χ4n) is 4.89. The average molecular weight is 589 g/mol. The van der Waals surface area contributed by atoms with E-state index in [0.29, 0.717) is 54.5 Å². The first kappa shape index (κ1) is 28.7. The van der Waals surface area contributed by atoms with E-state index >= 15 is 0 Å². The van der Waals surface area contributed by atoms with Crippen LogP contribution in [0.4, 0.5) is 0 Å². The minimum Gasteiger partial charge on any atom is -0.493 e. The van der Waals surface area contributed by atoms with Crippen LogP contribution in [-0.2, 0) is 26.5 Å². The van der Waals surface area contributed by atoms with Crippen LogP contribution in [0, 0.1) is 5.92 Å². The van der Waals surface area contributed by atoms with Gasteiger partial charge in [0.2, 0.25) is 0 Å². The van der Waals surface area contributed by atoms with Crippen molar-refractivity contribution >= 4 is 28.2 Å². The average Bonchev–Trinajstić information content (AvgIpc) is 3.27. The summed E-state index contributed by atoms with van der Waals surface area (Å²) in [5.74, 6) is 1.30. The van der Waals surface area contributed by atoms with Gasteiger partial charge in [0, 0.05) is 23.0 Å². The van der Waals surface area contributed by atoms with Gasteiger partial charge in [0.25, 0.3) is 0 Å². The zero-order valence-corrected chi connectivity index (χ0v) is 23.7. The Morgan fingerprint density at radius 2 is 1.82 bits per heavy atom. The quantitative estimate of drug-likeness (QED) is 0.234. The predicted molar refractivity (Wildman–Crippen MR) is 155 cm³/mol. The van der Waals surface area contributed by atoms with E-state index in [2.05, 4.69) is 0 Å². The van der Waals surface area contributed by atoms with Crippen molar-refractivity contribution in [1.29, 1.82) is 0 Å². The van der Waals surface area contributed by atoms with Crippen LogP contribution < -0.4 is 9.47 Å². The zero-order chi connectivity index (χ0) is 28.3. The molecule has 0 aromatic heterocycles. The smallest absolute Gasteiger partial charge is 0.332 e. The van der Waals surface area contributed by atoms with Crippen molar-refractivity contribution in [3.8, 4) is 22.6 Å². The SMILES string of the molecule is CC(OC1(c2ccc(OCc3cccc(-c4ccc(OCC5CCS(O)(O)C5)cc4Cl)c3)cc2)COC1)C(=O)O. The van der Waals surface area contributed by atoms with E-state index in [9.17, 15) is 19.0 Å². The van der Waals surface area contributed by atoms with Gasteiger partial charge in [-0.1, -0.05) is 41.9 Å². The Bertz CT molecular complexity index is 1340. The van der Waals surface area contributed by atoms with Crippen LogP contribution in [0.15, 0.2) is 66.7 Å². The van der Waals surface area contributed by atoms with Crippen LogP contribution in [-0.4, -0.2) is 57.6 Å². The van der Waals surface area contributed by atoms with Gasteiger partial charge in [-0.05, 0) is 66.4 Å². The normalized spacial score (nSPS) is 20.8. The summed E-state index contributed by atoms with van der Waals surface area (Å²) in [6.45, 7) is 2.92. The van der Waals surface area contributed by atoms with Crippen LogP contribution in [0.5, 0.6) is 11.5 Å². The Morgan fingerprint density at radius 3 is 2.45 bits per heavy atom. The minimum atomic E-state index is -2.43. The Balaban J connectivity index is 1.19. The fraction of sp³-hybridized carbons (Fsp3) is 0.367. The molecule has 0 aliphatic carbocycles. The van der Waals surface area contributed by atoms with Crippen molar-refractivity contribution in [2.45, 2.75) is 31.7 Å². The number of ether oxygens (including phenoxy) is 4. The van der Waals surface area contributed by atoms with Gasteiger partial charge in [0.15, 0.2) is 6.10 Å². The number of carboxylic acid groups (broad SMARTS) is 1. The van der Waals surface area contributed by atoms with Crippen molar-refractivity contribution in [3.05, 3.63) is 82.9 Å². The fourth-order valence-corrected chi connectivity index (χ4v) is 7.07. The van der Waals surface area contributed by atoms with Crippen molar-refractivity contribution in [1.82, 2.24) is 0 Å². The van der Waals surface area contributed by atoms with Crippen molar-refractivity contribution in [2.75, 3.05) is 31.3 Å². The third-order valence-corrected chi connectivity index (χ3v) is 9.43. The number of benzene rings is 3. The summed E-state index contributed by atoms with van der Waals surface area (Å²) >= 11 is 6.61. The summed E-state index contributed by atoms with van der Waals surface area (Å²) in [5.41, 5.74) is 2.89. The number of aliphatic carboxylic acids is 1. The molecule has 2 fully saturated rings. The van der Waals surface area contributed by atoms with Crippen LogP contribution >= 0.6 is 22.2 Å². The van der Waals surface area contributed by atoms with Gasteiger partial charge in [-0.2, -0.15) is 10.6 Å². The largest absolute Gasteiger partial charge is 0.493 e. The standard InChI is InChI=1S/C30H33ClO8S/c1-20(29(32)33)39-30(18-36-19-30)24-5-7-25(8-6-24)37-15-21-3-2-4-23(13-21)27-10-9-26(14-28(27)31)38-16-22-11-12-40(34,35)17-22/h2-10,13-14,20,22,34-35H,11-12,15-19H2,1H3,(H,32,33). The van der Waals surface area contributed by atoms with Crippen molar-refractivity contribution < 1.29 is 38.0 Å². The van der Waals surface area contributed by atoms with Gasteiger partial charge in [-0.25, -0.2) is 4.79 Å². The number of rotatable bonds is 11. The molecule has 2 aliphatic heterocycles. The Kier molecular flexibility index (Phi) is 8.61. The summed E-state index contributed by atoms with van der Waals surface area (Å²) in [5, 5.41) is 9.78. The molecule has 2 unspecified atom stereocenters. The highest BCUT2D eigenvalue weighted by Crippen LogP contribution is 2.48. The van der Waals surface area contributed by atoms with Crippen molar-refractivity contribution in [3.63, 3.8) is 0 Å². The third-order valence-electron chi connectivity index (χ3n) is 7.23. The summed E-state index contributed by atoms with van der Waals surface area (Å²) in [7, 11) is -2.43. The number of hydrogen-bond donors (Lipinski definition) is 3. The first-order valence-electron chi connectivity index (χ1n) is 13.1. The zero-order valence-electron chi connectivity index (χ0n) is 22.1. The van der Waals surface area contributed by atoms with Crippen molar-refractivity contribution in [2.24, 2.45) is 5.92 Å². The number of hydrogen-bond acceptors (Lipinski definition) is 7. The lowest BCUT2D eigenvalue weighted by Gasteiger charge is -2.42. The van der Waals surface area contributed by atoms with E-state index in [4.69, 9.17) is 30.5 Å². The molecule has 2 atom stereocenters. The van der Waals surface area contributed by atoms with Gasteiger partial charge < -0.3 is 24.1 Å². The molecule has 0 bridgehead atoms. The van der Waals surface area contributed by atoms with E-state index in [-0.39, 0.29) is 5.92 Å². The molecule has 2 aliphatic rings. The monoisotopic (exact) mass is 588 g/mol. The number of halogens is 1. The van der Waals surface area contributed by atoms with Crippen LogP contribution in [0.2, 0.25) is 5.02 Å². The first-order chi connectivity index (χ1) is 19.1. The minimum absolute atomic E-state index is 0.138. The lowest BCUT2D eigenvalue weighted by Crippen LogP contribution is -2.51. The second-order valence-electron chi connectivity index (χ2n) is 10.4. The molecule has 8 nitrogen and oxygen atoms in total. The van der Waals surface area contributed by atoms with Crippen LogP contribution in [0.1, 0.15) is 24.5 Å². The molecule has 3 N–H and O–H groups in total. The predicted octanol–water partition coefficient (Wildman–Crippen LogP) is 6.45. The van der Waals surface area contributed by atoms with E-state index in [1.807, 2.05) is 60.7 Å². The molecule has 3 aromatic carbocycles. The van der Waals surface area contributed by atoms with Gasteiger partial charge >= 0.3 is 5.97 Å². The second kappa shape index (κ2) is 12.0. The van der Waals surface area contributed by atoms with Crippen LogP contribution in [0.25, 0.3) is 11.1 Å². The number of carbonyl (C=O) groups is 1. The summed E-state index contributed by atoms with van der Waals surface area (Å²) in [6.07, 6.45) is -0.185. The molecule has 2 saturated heterocycles. The molecule has 3 aromatic rings. The first-order valence-corrected chi connectivity index (χ1v) is 15.4.